The van der Waals surface area contributed by atoms with Crippen LogP contribution in [0.25, 0.3) is 5.57 Å². The summed E-state index contributed by atoms with van der Waals surface area (Å²) >= 11 is 0. The van der Waals surface area contributed by atoms with E-state index in [4.69, 9.17) is 4.74 Å². The zero-order valence-electron chi connectivity index (χ0n) is 17.0. The maximum atomic E-state index is 12.3. The normalized spacial score (nSPS) is 19.9. The van der Waals surface area contributed by atoms with Crippen LogP contribution in [0.5, 0.6) is 0 Å². The smallest absolute Gasteiger partial charge is 0.341 e. The predicted molar refractivity (Wildman–Crippen MR) is 119 cm³/mol. The second kappa shape index (κ2) is 7.79. The van der Waals surface area contributed by atoms with Crippen molar-refractivity contribution in [1.29, 1.82) is 0 Å². The Balaban J connectivity index is 1.39. The van der Waals surface area contributed by atoms with E-state index in [9.17, 15) is 4.79 Å². The molecule has 0 bridgehead atoms. The van der Waals surface area contributed by atoms with Crippen molar-refractivity contribution in [1.82, 2.24) is 4.98 Å². The lowest BCUT2D eigenvalue weighted by atomic mass is 9.83. The van der Waals surface area contributed by atoms with Gasteiger partial charge in [0, 0.05) is 17.8 Å². The molecule has 1 saturated carbocycles. The summed E-state index contributed by atoms with van der Waals surface area (Å²) in [6.07, 6.45) is 16.0. The lowest BCUT2D eigenvalue weighted by molar-refractivity contribution is 0.0601. The van der Waals surface area contributed by atoms with Crippen molar-refractivity contribution in [2.75, 3.05) is 12.4 Å². The molecule has 0 spiro atoms. The van der Waals surface area contributed by atoms with E-state index in [-0.39, 0.29) is 5.97 Å². The molecule has 30 heavy (non-hydrogen) atoms. The SMILES string of the molecule is COC(=O)c1cc(C2CC2)cnc1NC1=CC=C2C=C(c3ccccc3)C=CC2C1. The lowest BCUT2D eigenvalue weighted by Crippen LogP contribution is -2.15. The number of anilines is 1. The minimum absolute atomic E-state index is 0.317. The highest BCUT2D eigenvalue weighted by Crippen LogP contribution is 2.41. The number of pyridine rings is 1. The van der Waals surface area contributed by atoms with Crippen molar-refractivity contribution >= 4 is 17.4 Å². The number of allylic oxidation sites excluding steroid dienone is 8. The van der Waals surface area contributed by atoms with Crippen LogP contribution in [0.2, 0.25) is 0 Å². The number of benzene rings is 1. The Morgan fingerprint density at radius 3 is 2.77 bits per heavy atom. The minimum atomic E-state index is -0.354. The highest BCUT2D eigenvalue weighted by Gasteiger charge is 2.27. The number of hydrogen-bond acceptors (Lipinski definition) is 4. The summed E-state index contributed by atoms with van der Waals surface area (Å²) in [5, 5.41) is 3.38. The van der Waals surface area contributed by atoms with Gasteiger partial charge in [0.05, 0.1) is 7.11 Å². The number of esters is 1. The monoisotopic (exact) mass is 396 g/mol. The van der Waals surface area contributed by atoms with E-state index in [1.165, 1.54) is 36.7 Å². The van der Waals surface area contributed by atoms with E-state index in [0.717, 1.165) is 17.7 Å². The van der Waals surface area contributed by atoms with E-state index in [1.807, 2.05) is 18.3 Å². The Hall–Kier alpha value is -3.40. The highest BCUT2D eigenvalue weighted by atomic mass is 16.5. The standard InChI is InChI=1S/C26H24N2O2/c1-30-26(29)24-15-22(18-7-8-18)16-27-25(24)28-23-12-11-20-13-19(9-10-21(20)14-23)17-5-3-2-4-6-17/h2-6,9-13,15-16,18,21H,7-8,14H2,1H3,(H,27,28). The Morgan fingerprint density at radius 2 is 2.00 bits per heavy atom. The molecule has 5 rings (SSSR count). The molecule has 0 aliphatic heterocycles. The highest BCUT2D eigenvalue weighted by molar-refractivity contribution is 5.95. The summed E-state index contributed by atoms with van der Waals surface area (Å²) < 4.78 is 4.99. The van der Waals surface area contributed by atoms with Crippen molar-refractivity contribution in [3.8, 4) is 0 Å². The molecular formula is C26H24N2O2. The van der Waals surface area contributed by atoms with Gasteiger partial charge in [0.1, 0.15) is 11.4 Å². The van der Waals surface area contributed by atoms with Gasteiger partial charge in [-0.3, -0.25) is 0 Å². The first-order valence-electron chi connectivity index (χ1n) is 10.4. The van der Waals surface area contributed by atoms with Crippen LogP contribution < -0.4 is 5.32 Å². The number of ether oxygens (including phenoxy) is 1. The fraction of sp³-hybridized carbons (Fsp3) is 0.231. The van der Waals surface area contributed by atoms with Gasteiger partial charge in [-0.1, -0.05) is 54.6 Å². The summed E-state index contributed by atoms with van der Waals surface area (Å²) in [6.45, 7) is 0. The first kappa shape index (κ1) is 18.6. The largest absolute Gasteiger partial charge is 0.465 e. The third kappa shape index (κ3) is 3.73. The van der Waals surface area contributed by atoms with Crippen molar-refractivity contribution in [3.05, 3.63) is 101 Å². The average Bonchev–Trinajstić information content (AvgIpc) is 3.64. The fourth-order valence-corrected chi connectivity index (χ4v) is 4.07. The van der Waals surface area contributed by atoms with Gasteiger partial charge >= 0.3 is 5.97 Å². The Morgan fingerprint density at radius 1 is 1.17 bits per heavy atom. The van der Waals surface area contributed by atoms with Crippen LogP contribution in [0.15, 0.2) is 84.2 Å². The van der Waals surface area contributed by atoms with Crippen LogP contribution in [-0.4, -0.2) is 18.1 Å². The van der Waals surface area contributed by atoms with Crippen LogP contribution in [-0.2, 0) is 4.74 Å². The number of aromatic nitrogens is 1. The third-order valence-electron chi connectivity index (χ3n) is 5.92. The van der Waals surface area contributed by atoms with Crippen molar-refractivity contribution < 1.29 is 9.53 Å². The quantitative estimate of drug-likeness (QED) is 0.665. The van der Waals surface area contributed by atoms with Gasteiger partial charge in [-0.25, -0.2) is 9.78 Å². The molecular weight excluding hydrogens is 372 g/mol. The van der Waals surface area contributed by atoms with Crippen molar-refractivity contribution in [2.24, 2.45) is 5.92 Å². The molecule has 4 heteroatoms. The maximum Gasteiger partial charge on any atom is 0.341 e. The Kier molecular flexibility index (Phi) is 4.83. The van der Waals surface area contributed by atoms with Gasteiger partial charge in [-0.05, 0) is 59.6 Å². The van der Waals surface area contributed by atoms with E-state index >= 15 is 0 Å². The van der Waals surface area contributed by atoms with Crippen LogP contribution >= 0.6 is 0 Å². The molecule has 0 amide bonds. The third-order valence-corrected chi connectivity index (χ3v) is 5.92. The van der Waals surface area contributed by atoms with E-state index in [1.54, 1.807) is 0 Å². The predicted octanol–water partition coefficient (Wildman–Crippen LogP) is 5.64. The molecule has 1 unspecified atom stereocenters. The number of nitrogens with zero attached hydrogens (tertiary/aromatic N) is 1. The number of methoxy groups -OCH3 is 1. The zero-order chi connectivity index (χ0) is 20.5. The Labute approximate surface area is 176 Å². The number of hydrogen-bond donors (Lipinski definition) is 1. The van der Waals surface area contributed by atoms with E-state index < -0.39 is 0 Å². The number of carbonyl (C=O) groups excluding carboxylic acids is 1. The van der Waals surface area contributed by atoms with Gasteiger partial charge in [0.25, 0.3) is 0 Å². The summed E-state index contributed by atoms with van der Waals surface area (Å²) in [4.78, 5) is 16.9. The molecule has 0 saturated heterocycles. The lowest BCUT2D eigenvalue weighted by Gasteiger charge is -2.25. The zero-order valence-corrected chi connectivity index (χ0v) is 17.0. The number of rotatable bonds is 5. The summed E-state index contributed by atoms with van der Waals surface area (Å²) in [7, 11) is 1.41. The fourth-order valence-electron chi connectivity index (χ4n) is 4.07. The summed E-state index contributed by atoms with van der Waals surface area (Å²) in [5.41, 5.74) is 6.42. The van der Waals surface area contributed by atoms with Gasteiger partial charge in [-0.2, -0.15) is 0 Å². The van der Waals surface area contributed by atoms with Crippen LogP contribution in [0.1, 0.15) is 46.7 Å². The molecule has 1 aromatic heterocycles. The molecule has 1 N–H and O–H groups in total. The molecule has 1 fully saturated rings. The molecule has 1 atom stereocenters. The second-order valence-corrected chi connectivity index (χ2v) is 8.05. The summed E-state index contributed by atoms with van der Waals surface area (Å²) in [5.74, 6) is 1.06. The van der Waals surface area contributed by atoms with Gasteiger partial charge in [-0.15, -0.1) is 0 Å². The average molecular weight is 396 g/mol. The molecule has 150 valence electrons. The number of fused-ring (bicyclic) bond motifs is 1. The van der Waals surface area contributed by atoms with E-state index in [2.05, 4.69) is 64.9 Å². The van der Waals surface area contributed by atoms with Gasteiger partial charge in [0.15, 0.2) is 0 Å². The maximum absolute atomic E-state index is 12.3. The number of nitrogens with one attached hydrogen (secondary N) is 1. The number of carbonyl (C=O) groups is 1. The minimum Gasteiger partial charge on any atom is -0.465 e. The first-order chi connectivity index (χ1) is 14.7. The molecule has 1 heterocycles. The molecule has 2 aromatic rings. The van der Waals surface area contributed by atoms with Crippen LogP contribution in [0, 0.1) is 5.92 Å². The van der Waals surface area contributed by atoms with Crippen LogP contribution in [0.4, 0.5) is 5.82 Å². The molecule has 1 aromatic carbocycles. The van der Waals surface area contributed by atoms with Crippen molar-refractivity contribution in [3.63, 3.8) is 0 Å². The molecule has 4 nitrogen and oxygen atoms in total. The first-order valence-corrected chi connectivity index (χ1v) is 10.4. The molecule has 0 radical (unpaired) electrons. The van der Waals surface area contributed by atoms with Gasteiger partial charge < -0.3 is 10.1 Å². The summed E-state index contributed by atoms with van der Waals surface area (Å²) in [6, 6.07) is 12.4. The van der Waals surface area contributed by atoms with Gasteiger partial charge in [0.2, 0.25) is 0 Å². The second-order valence-electron chi connectivity index (χ2n) is 8.05. The molecule has 3 aliphatic carbocycles. The Bertz CT molecular complexity index is 1110. The van der Waals surface area contributed by atoms with Crippen molar-refractivity contribution in [2.45, 2.75) is 25.2 Å². The van der Waals surface area contributed by atoms with E-state index in [0.29, 0.717) is 23.2 Å². The van der Waals surface area contributed by atoms with Crippen LogP contribution in [0.3, 0.4) is 0 Å². The topological polar surface area (TPSA) is 51.2 Å². The molecule has 3 aliphatic rings.